The monoisotopic (exact) mass is 498 g/mol. The highest BCUT2D eigenvalue weighted by molar-refractivity contribution is 7.89. The number of carbonyl (C=O) groups is 1. The minimum atomic E-state index is -3.70. The summed E-state index contributed by atoms with van der Waals surface area (Å²) in [4.78, 5) is 22.6. The first kappa shape index (κ1) is 23.3. The maximum absolute atomic E-state index is 13.4. The van der Waals surface area contributed by atoms with Crippen molar-refractivity contribution in [3.63, 3.8) is 0 Å². The zero-order valence-electron chi connectivity index (χ0n) is 19.8. The van der Waals surface area contributed by atoms with Gasteiger partial charge in [-0.3, -0.25) is 4.79 Å². The van der Waals surface area contributed by atoms with Crippen molar-refractivity contribution in [3.8, 4) is 0 Å². The normalized spacial score (nSPS) is 19.8. The molecule has 9 heteroatoms. The van der Waals surface area contributed by atoms with Crippen LogP contribution in [0.2, 0.25) is 0 Å². The summed E-state index contributed by atoms with van der Waals surface area (Å²) in [6.45, 7) is 9.03. The Morgan fingerprint density at radius 3 is 2.38 bits per heavy atom. The van der Waals surface area contributed by atoms with Crippen LogP contribution in [0.15, 0.2) is 41.3 Å². The molecule has 0 bridgehead atoms. The molecule has 3 aromatic rings. The molecule has 5 rings (SSSR count). The highest BCUT2D eigenvalue weighted by atomic mass is 32.2. The summed E-state index contributed by atoms with van der Waals surface area (Å²) < 4.78 is 29.1. The zero-order chi connectivity index (χ0) is 24.0. The summed E-state index contributed by atoms with van der Waals surface area (Å²) in [6.07, 6.45) is 1.27. The number of aryl methyl sites for hydroxylation is 3. The van der Waals surface area contributed by atoms with E-state index in [2.05, 4.69) is 30.9 Å². The Hall–Kier alpha value is -2.49. The SMILES string of the molecule is Cc1ccc(S(=O)(=O)N2CCCC2C(=O)N2CCN(c3nc4c(C)cc(C)cc4s3)CC2)cc1. The fourth-order valence-electron chi connectivity index (χ4n) is 4.94. The predicted molar refractivity (Wildman–Crippen MR) is 136 cm³/mol. The third kappa shape index (κ3) is 4.21. The highest BCUT2D eigenvalue weighted by Gasteiger charge is 2.41. The number of hydrogen-bond donors (Lipinski definition) is 0. The van der Waals surface area contributed by atoms with Crippen molar-refractivity contribution < 1.29 is 13.2 Å². The van der Waals surface area contributed by atoms with Gasteiger partial charge in [0.05, 0.1) is 15.1 Å². The molecule has 1 unspecified atom stereocenters. The minimum absolute atomic E-state index is 0.0800. The number of piperazine rings is 1. The Bertz CT molecular complexity index is 1330. The van der Waals surface area contributed by atoms with Crippen molar-refractivity contribution in [2.24, 2.45) is 0 Å². The van der Waals surface area contributed by atoms with E-state index in [0.717, 1.165) is 16.2 Å². The van der Waals surface area contributed by atoms with Gasteiger partial charge in [0.2, 0.25) is 15.9 Å². The Balaban J connectivity index is 1.28. The lowest BCUT2D eigenvalue weighted by Gasteiger charge is -2.37. The molecule has 3 heterocycles. The molecule has 0 aliphatic carbocycles. The molecule has 2 fully saturated rings. The topological polar surface area (TPSA) is 73.8 Å². The van der Waals surface area contributed by atoms with Gasteiger partial charge in [0.1, 0.15) is 6.04 Å². The van der Waals surface area contributed by atoms with Crippen LogP contribution in [0, 0.1) is 20.8 Å². The van der Waals surface area contributed by atoms with Gasteiger partial charge in [-0.1, -0.05) is 35.1 Å². The van der Waals surface area contributed by atoms with Gasteiger partial charge < -0.3 is 9.80 Å². The Kier molecular flexibility index (Phi) is 6.12. The van der Waals surface area contributed by atoms with Gasteiger partial charge in [0.15, 0.2) is 5.13 Å². The van der Waals surface area contributed by atoms with Crippen molar-refractivity contribution in [2.45, 2.75) is 44.6 Å². The lowest BCUT2D eigenvalue weighted by molar-refractivity contribution is -0.134. The van der Waals surface area contributed by atoms with E-state index in [0.29, 0.717) is 45.6 Å². The van der Waals surface area contributed by atoms with Crippen LogP contribution in [-0.4, -0.2) is 67.3 Å². The van der Waals surface area contributed by atoms with Crippen molar-refractivity contribution in [1.29, 1.82) is 0 Å². The molecule has 2 aliphatic rings. The number of sulfonamides is 1. The number of hydrogen-bond acceptors (Lipinski definition) is 6. The summed E-state index contributed by atoms with van der Waals surface area (Å²) in [6, 6.07) is 10.6. The first-order valence-corrected chi connectivity index (χ1v) is 14.0. The first-order chi connectivity index (χ1) is 16.2. The van der Waals surface area contributed by atoms with Gasteiger partial charge in [-0.05, 0) is 62.9 Å². The molecule has 0 radical (unpaired) electrons. The second-order valence-electron chi connectivity index (χ2n) is 9.32. The molecule has 1 amide bonds. The standard InChI is InChI=1S/C25H30N4O3S2/c1-17-6-8-20(9-7-17)34(31,32)29-10-4-5-21(29)24(30)27-11-13-28(14-12-27)25-26-23-19(3)15-18(2)16-22(23)33-25/h6-9,15-16,21H,4-5,10-14H2,1-3H3. The number of aromatic nitrogens is 1. The summed E-state index contributed by atoms with van der Waals surface area (Å²) in [5.41, 5.74) is 4.47. The molecule has 1 atom stereocenters. The van der Waals surface area contributed by atoms with E-state index in [-0.39, 0.29) is 10.8 Å². The van der Waals surface area contributed by atoms with Crippen LogP contribution >= 0.6 is 11.3 Å². The lowest BCUT2D eigenvalue weighted by atomic mass is 10.1. The molecule has 2 saturated heterocycles. The third-order valence-corrected chi connectivity index (χ3v) is 9.78. The van der Waals surface area contributed by atoms with E-state index in [4.69, 9.17) is 4.98 Å². The molecule has 2 aromatic carbocycles. The van der Waals surface area contributed by atoms with E-state index in [1.165, 1.54) is 20.1 Å². The average molecular weight is 499 g/mol. The number of carbonyl (C=O) groups excluding carboxylic acids is 1. The fraction of sp³-hybridized carbons (Fsp3) is 0.440. The molecule has 34 heavy (non-hydrogen) atoms. The van der Waals surface area contributed by atoms with Gasteiger partial charge in [-0.25, -0.2) is 13.4 Å². The number of amides is 1. The van der Waals surface area contributed by atoms with Gasteiger partial charge in [0.25, 0.3) is 0 Å². The molecule has 180 valence electrons. The minimum Gasteiger partial charge on any atom is -0.345 e. The fourth-order valence-corrected chi connectivity index (χ4v) is 7.79. The van der Waals surface area contributed by atoms with Gasteiger partial charge in [-0.15, -0.1) is 0 Å². The van der Waals surface area contributed by atoms with E-state index in [1.807, 2.05) is 11.8 Å². The van der Waals surface area contributed by atoms with Crippen molar-refractivity contribution in [2.75, 3.05) is 37.6 Å². The number of anilines is 1. The Morgan fingerprint density at radius 2 is 1.68 bits per heavy atom. The predicted octanol–water partition coefficient (Wildman–Crippen LogP) is 3.72. The van der Waals surface area contributed by atoms with Crippen LogP contribution in [0.4, 0.5) is 5.13 Å². The molecule has 7 nitrogen and oxygen atoms in total. The smallest absolute Gasteiger partial charge is 0.243 e. The Morgan fingerprint density at radius 1 is 0.971 bits per heavy atom. The largest absolute Gasteiger partial charge is 0.345 e. The summed E-state index contributed by atoms with van der Waals surface area (Å²) >= 11 is 1.69. The van der Waals surface area contributed by atoms with Crippen LogP contribution in [0.25, 0.3) is 10.2 Å². The third-order valence-electron chi connectivity index (χ3n) is 6.80. The van der Waals surface area contributed by atoms with E-state index in [1.54, 1.807) is 35.6 Å². The average Bonchev–Trinajstić information content (AvgIpc) is 3.47. The number of rotatable bonds is 4. The lowest BCUT2D eigenvalue weighted by Crippen LogP contribution is -2.54. The van der Waals surface area contributed by atoms with Crippen molar-refractivity contribution in [3.05, 3.63) is 53.1 Å². The number of fused-ring (bicyclic) bond motifs is 1. The zero-order valence-corrected chi connectivity index (χ0v) is 21.5. The molecule has 2 aliphatic heterocycles. The molecule has 0 saturated carbocycles. The molecular formula is C25H30N4O3S2. The summed E-state index contributed by atoms with van der Waals surface area (Å²) in [5, 5.41) is 0.986. The second-order valence-corrected chi connectivity index (χ2v) is 12.2. The maximum atomic E-state index is 13.4. The number of thiazole rings is 1. The van der Waals surface area contributed by atoms with Crippen LogP contribution in [0.5, 0.6) is 0 Å². The number of nitrogens with zero attached hydrogens (tertiary/aromatic N) is 4. The second kappa shape index (κ2) is 8.94. The number of benzene rings is 2. The molecule has 0 N–H and O–H groups in total. The van der Waals surface area contributed by atoms with E-state index >= 15 is 0 Å². The van der Waals surface area contributed by atoms with Crippen LogP contribution in [0.1, 0.15) is 29.5 Å². The van der Waals surface area contributed by atoms with Crippen LogP contribution in [-0.2, 0) is 14.8 Å². The molecule has 0 spiro atoms. The van der Waals surface area contributed by atoms with E-state index in [9.17, 15) is 13.2 Å². The maximum Gasteiger partial charge on any atom is 0.243 e. The quantitative estimate of drug-likeness (QED) is 0.548. The van der Waals surface area contributed by atoms with Gasteiger partial charge in [0, 0.05) is 32.7 Å². The van der Waals surface area contributed by atoms with Crippen molar-refractivity contribution >= 4 is 42.6 Å². The molecule has 1 aromatic heterocycles. The van der Waals surface area contributed by atoms with Gasteiger partial charge >= 0.3 is 0 Å². The van der Waals surface area contributed by atoms with E-state index < -0.39 is 16.1 Å². The Labute approximate surface area is 205 Å². The summed E-state index contributed by atoms with van der Waals surface area (Å²) in [7, 11) is -3.70. The van der Waals surface area contributed by atoms with Crippen LogP contribution < -0.4 is 4.90 Å². The van der Waals surface area contributed by atoms with Crippen LogP contribution in [0.3, 0.4) is 0 Å². The van der Waals surface area contributed by atoms with Gasteiger partial charge in [-0.2, -0.15) is 4.31 Å². The summed E-state index contributed by atoms with van der Waals surface area (Å²) in [5.74, 6) is -0.0800. The molecular weight excluding hydrogens is 468 g/mol. The first-order valence-electron chi connectivity index (χ1n) is 11.7. The van der Waals surface area contributed by atoms with Crippen molar-refractivity contribution in [1.82, 2.24) is 14.2 Å². The highest BCUT2D eigenvalue weighted by Crippen LogP contribution is 2.33.